The van der Waals surface area contributed by atoms with Gasteiger partial charge >= 0.3 is 0 Å². The van der Waals surface area contributed by atoms with E-state index in [9.17, 15) is 14.0 Å². The van der Waals surface area contributed by atoms with Gasteiger partial charge in [-0.15, -0.1) is 0 Å². The first kappa shape index (κ1) is 39.0. The lowest BCUT2D eigenvalue weighted by Crippen LogP contribution is -2.29. The molecule has 3 aromatic heterocycles. The molecule has 0 saturated heterocycles. The van der Waals surface area contributed by atoms with Crippen LogP contribution < -0.4 is 0 Å². The fourth-order valence-corrected chi connectivity index (χ4v) is 5.74. The third kappa shape index (κ3) is 10.4. The number of hydrogen-bond donors (Lipinski definition) is 0. The predicted octanol–water partition coefficient (Wildman–Crippen LogP) is 6.33. The number of aromatic nitrogens is 3. The van der Waals surface area contributed by atoms with Crippen molar-refractivity contribution < 1.29 is 14.0 Å². The van der Waals surface area contributed by atoms with Crippen LogP contribution in [-0.4, -0.2) is 121 Å². The van der Waals surface area contributed by atoms with E-state index in [1.807, 2.05) is 79.9 Å². The zero-order chi connectivity index (χ0) is 37.2. The first-order valence-corrected chi connectivity index (χ1v) is 17.3. The maximum Gasteiger partial charge on any atom is 0.294 e. The predicted molar refractivity (Wildman–Crippen MR) is 209 cm³/mol. The number of Topliss-reactive ketones (excluding diaryl/α,β-unsaturated/α-hetero) is 1. The molecule has 0 N–H and O–H groups in total. The number of para-hydroxylation sites is 2. The van der Waals surface area contributed by atoms with Gasteiger partial charge in [0.25, 0.3) is 11.7 Å². The number of halogens is 1. The first-order chi connectivity index (χ1) is 24.3. The molecule has 0 aliphatic rings. The summed E-state index contributed by atoms with van der Waals surface area (Å²) >= 11 is 0. The van der Waals surface area contributed by atoms with Gasteiger partial charge in [-0.2, -0.15) is 0 Å². The molecule has 3 heterocycles. The molecule has 0 atom stereocenters. The summed E-state index contributed by atoms with van der Waals surface area (Å²) in [5.41, 5.74) is 4.83. The fraction of sp³-hybridized carbons (Fsp3) is 0.366. The Balaban J connectivity index is 0.000000175. The number of benzene rings is 3. The molecule has 51 heavy (non-hydrogen) atoms. The molecular weight excluding hydrogens is 641 g/mol. The van der Waals surface area contributed by atoms with Crippen molar-refractivity contribution in [1.82, 2.24) is 33.3 Å². The maximum atomic E-state index is 13.6. The van der Waals surface area contributed by atoms with Crippen LogP contribution in [0.1, 0.15) is 15.9 Å². The van der Waals surface area contributed by atoms with Crippen molar-refractivity contribution >= 4 is 44.4 Å². The van der Waals surface area contributed by atoms with Crippen molar-refractivity contribution in [2.45, 2.75) is 26.6 Å². The van der Waals surface area contributed by atoms with Gasteiger partial charge in [-0.1, -0.05) is 42.5 Å². The van der Waals surface area contributed by atoms with Crippen molar-refractivity contribution in [3.8, 4) is 0 Å². The molecule has 6 aromatic rings. The van der Waals surface area contributed by atoms with E-state index in [0.29, 0.717) is 11.1 Å². The summed E-state index contributed by atoms with van der Waals surface area (Å²) in [5.74, 6) is -1.10. The number of nitrogens with zero attached hydrogens (tertiary/aromatic N) is 7. The largest absolute Gasteiger partial charge is 0.346 e. The Hall–Kier alpha value is -4.77. The number of aryl methyl sites for hydroxylation is 1. The van der Waals surface area contributed by atoms with Gasteiger partial charge in [-0.3, -0.25) is 9.59 Å². The highest BCUT2D eigenvalue weighted by Crippen LogP contribution is 2.23. The van der Waals surface area contributed by atoms with Crippen LogP contribution in [0.5, 0.6) is 0 Å². The van der Waals surface area contributed by atoms with Crippen LogP contribution in [0, 0.1) is 12.7 Å². The van der Waals surface area contributed by atoms with Crippen molar-refractivity contribution in [1.29, 1.82) is 0 Å². The Kier molecular flexibility index (Phi) is 13.7. The molecule has 0 aliphatic heterocycles. The Morgan fingerprint density at radius 2 is 1.22 bits per heavy atom. The average molecular weight is 696 g/mol. The highest BCUT2D eigenvalue weighted by Gasteiger charge is 2.22. The van der Waals surface area contributed by atoms with Crippen LogP contribution in [0.2, 0.25) is 0 Å². The van der Waals surface area contributed by atoms with Gasteiger partial charge < -0.3 is 33.3 Å². The average Bonchev–Trinajstić information content (AvgIpc) is 3.81. The Labute approximate surface area is 302 Å². The zero-order valence-corrected chi connectivity index (χ0v) is 31.7. The minimum Gasteiger partial charge on any atom is -0.346 e. The molecule has 3 aromatic carbocycles. The summed E-state index contributed by atoms with van der Waals surface area (Å²) in [6.07, 6.45) is 5.91. The highest BCUT2D eigenvalue weighted by molar-refractivity contribution is 6.44. The van der Waals surface area contributed by atoms with E-state index >= 15 is 0 Å². The van der Waals surface area contributed by atoms with E-state index in [1.165, 1.54) is 27.4 Å². The Morgan fingerprint density at radius 3 is 1.86 bits per heavy atom. The molecule has 1 amide bonds. The molecule has 6 rings (SSSR count). The maximum absolute atomic E-state index is 13.6. The van der Waals surface area contributed by atoms with E-state index in [2.05, 4.69) is 70.7 Å². The van der Waals surface area contributed by atoms with Gasteiger partial charge in [0.15, 0.2) is 0 Å². The zero-order valence-electron chi connectivity index (χ0n) is 31.7. The summed E-state index contributed by atoms with van der Waals surface area (Å²) in [5, 5.41) is 3.13. The normalized spacial score (nSPS) is 11.3. The van der Waals surface area contributed by atoms with Crippen molar-refractivity contribution in [2.75, 3.05) is 76.0 Å². The van der Waals surface area contributed by atoms with Crippen LogP contribution >= 0.6 is 0 Å². The van der Waals surface area contributed by atoms with E-state index in [1.54, 1.807) is 26.4 Å². The van der Waals surface area contributed by atoms with Crippen LogP contribution in [0.25, 0.3) is 32.7 Å². The van der Waals surface area contributed by atoms with E-state index in [0.717, 1.165) is 55.6 Å². The molecule has 9 nitrogen and oxygen atoms in total. The topological polar surface area (TPSA) is 61.9 Å². The van der Waals surface area contributed by atoms with Crippen LogP contribution in [0.4, 0.5) is 4.39 Å². The molecule has 0 saturated carbocycles. The molecule has 0 radical (unpaired) electrons. The van der Waals surface area contributed by atoms with E-state index in [-0.39, 0.29) is 5.82 Å². The van der Waals surface area contributed by atoms with Gasteiger partial charge in [-0.25, -0.2) is 4.39 Å². The second kappa shape index (κ2) is 17.9. The molecule has 0 fully saturated rings. The number of carbonyl (C=O) groups excluding carboxylic acids is 2. The monoisotopic (exact) mass is 695 g/mol. The van der Waals surface area contributed by atoms with Crippen LogP contribution in [0.3, 0.4) is 0 Å². The number of hydrogen-bond acceptors (Lipinski definition) is 5. The quantitative estimate of drug-likeness (QED) is 0.117. The molecule has 0 spiro atoms. The summed E-state index contributed by atoms with van der Waals surface area (Å²) in [7, 11) is 15.4. The number of rotatable bonds is 11. The van der Waals surface area contributed by atoms with Crippen molar-refractivity contribution in [3.63, 3.8) is 0 Å². The number of fused-ring (bicyclic) bond motifs is 3. The van der Waals surface area contributed by atoms with E-state index < -0.39 is 11.7 Å². The lowest BCUT2D eigenvalue weighted by Gasteiger charge is -2.11. The number of likely N-dealkylation sites (N-methyl/N-ethyl adjacent to an activating group) is 4. The highest BCUT2D eigenvalue weighted by atomic mass is 19.1. The second-order valence-electron chi connectivity index (χ2n) is 14.0. The minimum absolute atomic E-state index is 0.142. The third-order valence-electron chi connectivity index (χ3n) is 8.67. The number of carbonyl (C=O) groups is 2. The molecular formula is C41H54FN7O2. The van der Waals surface area contributed by atoms with Crippen LogP contribution in [0.15, 0.2) is 91.4 Å². The third-order valence-corrected chi connectivity index (χ3v) is 8.67. The summed E-state index contributed by atoms with van der Waals surface area (Å²) in [6.45, 7) is 7.65. The van der Waals surface area contributed by atoms with Gasteiger partial charge in [0, 0.05) is 93.8 Å². The van der Waals surface area contributed by atoms with Crippen molar-refractivity contribution in [2.24, 2.45) is 0 Å². The van der Waals surface area contributed by atoms with Crippen molar-refractivity contribution in [3.05, 3.63) is 108 Å². The standard InChI is InChI=1S/C16H21N3O2.C13H18N2.C12H15FN2/c1-17(2)9-10-19-11-13(15(20)16(21)18(3)4)12-7-5-6-8-14(12)19;1-11-4-5-12-6-7-15(13(12)10-11)9-8-14(2)3;1-14(2)8-9-15-7-6-10-4-3-5-11(13)12(10)15/h5-8,11H,9-10H2,1-4H3;4-7,10H,8-9H2,1-3H3;3-7H,8-9H2,1-2H3. The first-order valence-electron chi connectivity index (χ1n) is 17.3. The van der Waals surface area contributed by atoms with Crippen LogP contribution in [-0.2, 0) is 24.4 Å². The molecule has 0 unspecified atom stereocenters. The van der Waals surface area contributed by atoms with Gasteiger partial charge in [-0.05, 0) is 90.5 Å². The smallest absolute Gasteiger partial charge is 0.294 e. The molecule has 10 heteroatoms. The van der Waals surface area contributed by atoms with E-state index in [4.69, 9.17) is 0 Å². The fourth-order valence-electron chi connectivity index (χ4n) is 5.74. The summed E-state index contributed by atoms with van der Waals surface area (Å²) in [4.78, 5) is 32.0. The Bertz CT molecular complexity index is 2050. The number of ketones is 1. The van der Waals surface area contributed by atoms with Gasteiger partial charge in [0.05, 0.1) is 11.1 Å². The number of amides is 1. The van der Waals surface area contributed by atoms with Gasteiger partial charge in [0.2, 0.25) is 0 Å². The summed E-state index contributed by atoms with van der Waals surface area (Å²) < 4.78 is 19.9. The lowest BCUT2D eigenvalue weighted by atomic mass is 10.1. The molecule has 272 valence electrons. The second-order valence-corrected chi connectivity index (χ2v) is 14.0. The molecule has 0 aliphatic carbocycles. The summed E-state index contributed by atoms with van der Waals surface area (Å²) in [6, 6.07) is 23.6. The minimum atomic E-state index is -0.495. The Morgan fingerprint density at radius 1 is 0.627 bits per heavy atom. The lowest BCUT2D eigenvalue weighted by molar-refractivity contribution is -0.124. The van der Waals surface area contributed by atoms with Gasteiger partial charge in [0.1, 0.15) is 5.82 Å². The molecule has 0 bridgehead atoms. The SMILES string of the molecule is CN(C)CCn1cc(C(=O)C(=O)N(C)C)c2ccccc21.CN(C)CCn1ccc2cccc(F)c21.Cc1ccc2ccn(CCN(C)C)c2c1.